The van der Waals surface area contributed by atoms with E-state index in [1.54, 1.807) is 11.6 Å². The number of aromatic nitrogens is 2. The zero-order valence-electron chi connectivity index (χ0n) is 17.2. The fraction of sp³-hybridized carbons (Fsp3) is 0.478. The maximum Gasteiger partial charge on any atom is 0.146 e. The molecule has 0 bridgehead atoms. The van der Waals surface area contributed by atoms with Gasteiger partial charge in [0.1, 0.15) is 23.3 Å². The molecule has 5 nitrogen and oxygen atoms in total. The van der Waals surface area contributed by atoms with Gasteiger partial charge in [-0.3, -0.25) is 0 Å². The van der Waals surface area contributed by atoms with Crippen LogP contribution in [0.3, 0.4) is 0 Å². The van der Waals surface area contributed by atoms with Crippen LogP contribution in [0.25, 0.3) is 0 Å². The second-order valence-electron chi connectivity index (χ2n) is 7.87. The average Bonchev–Trinajstić information content (AvgIpc) is 2.75. The molecule has 1 aliphatic heterocycles. The van der Waals surface area contributed by atoms with Crippen LogP contribution in [0.2, 0.25) is 0 Å². The Morgan fingerprint density at radius 2 is 1.83 bits per heavy atom. The molecule has 4 rings (SSSR count). The predicted octanol–water partition coefficient (Wildman–Crippen LogP) is 4.55. The van der Waals surface area contributed by atoms with E-state index in [1.807, 2.05) is 25.1 Å². The van der Waals surface area contributed by atoms with Crippen LogP contribution in [-0.2, 0) is 0 Å². The number of halogens is 1. The van der Waals surface area contributed by atoms with Crippen molar-refractivity contribution in [3.63, 3.8) is 0 Å². The number of allylic oxidation sites excluding steroid dienone is 1. The molecule has 0 unspecified atom stereocenters. The standard InChI is InChI=1S/C23H30FN5/c1-18-26-22(25-12-11-19-7-3-2-4-8-19)17-23(27-18)29-15-13-28(14-16-29)21-10-6-5-9-20(21)24/h5-7,9-10,17H,2-4,8,11-16H2,1H3,(H,25,26,27). The van der Waals surface area contributed by atoms with Crippen molar-refractivity contribution in [2.24, 2.45) is 0 Å². The Bertz CT molecular complexity index is 858. The first kappa shape index (κ1) is 19.7. The Morgan fingerprint density at radius 1 is 1.03 bits per heavy atom. The van der Waals surface area contributed by atoms with Gasteiger partial charge in [0.25, 0.3) is 0 Å². The number of para-hydroxylation sites is 1. The molecule has 154 valence electrons. The van der Waals surface area contributed by atoms with Crippen LogP contribution < -0.4 is 15.1 Å². The van der Waals surface area contributed by atoms with Crippen LogP contribution in [0.5, 0.6) is 0 Å². The molecule has 0 spiro atoms. The number of rotatable bonds is 6. The smallest absolute Gasteiger partial charge is 0.146 e. The van der Waals surface area contributed by atoms with Gasteiger partial charge >= 0.3 is 0 Å². The third kappa shape index (κ3) is 5.05. The topological polar surface area (TPSA) is 44.3 Å². The van der Waals surface area contributed by atoms with E-state index in [2.05, 4.69) is 31.2 Å². The second kappa shape index (κ2) is 9.25. The molecule has 2 aliphatic rings. The molecule has 0 radical (unpaired) electrons. The number of anilines is 3. The Morgan fingerprint density at radius 3 is 2.59 bits per heavy atom. The van der Waals surface area contributed by atoms with Crippen LogP contribution in [0, 0.1) is 12.7 Å². The van der Waals surface area contributed by atoms with Crippen LogP contribution in [0.1, 0.15) is 37.9 Å². The Balaban J connectivity index is 1.35. The van der Waals surface area contributed by atoms with Crippen molar-refractivity contribution in [1.29, 1.82) is 0 Å². The zero-order valence-corrected chi connectivity index (χ0v) is 17.2. The molecule has 2 heterocycles. The number of hydrogen-bond donors (Lipinski definition) is 1. The normalized spacial score (nSPS) is 17.2. The highest BCUT2D eigenvalue weighted by Gasteiger charge is 2.21. The Kier molecular flexibility index (Phi) is 6.27. The molecule has 1 aromatic carbocycles. The molecule has 1 N–H and O–H groups in total. The van der Waals surface area contributed by atoms with Gasteiger partial charge in [-0.15, -0.1) is 0 Å². The molecule has 0 saturated carbocycles. The van der Waals surface area contributed by atoms with E-state index in [4.69, 9.17) is 0 Å². The van der Waals surface area contributed by atoms with Crippen molar-refractivity contribution in [1.82, 2.24) is 9.97 Å². The van der Waals surface area contributed by atoms with E-state index < -0.39 is 0 Å². The molecule has 1 aromatic heterocycles. The SMILES string of the molecule is Cc1nc(NCCC2=CCCCC2)cc(N2CCN(c3ccccc3F)CC2)n1. The van der Waals surface area contributed by atoms with E-state index in [1.165, 1.54) is 31.7 Å². The number of nitrogens with one attached hydrogen (secondary N) is 1. The Labute approximate surface area is 172 Å². The van der Waals surface area contributed by atoms with Gasteiger partial charge in [-0.05, 0) is 51.2 Å². The largest absolute Gasteiger partial charge is 0.370 e. The molecule has 1 saturated heterocycles. The number of nitrogens with zero attached hydrogens (tertiary/aromatic N) is 4. The summed E-state index contributed by atoms with van der Waals surface area (Å²) in [4.78, 5) is 13.6. The second-order valence-corrected chi connectivity index (χ2v) is 7.87. The first-order chi connectivity index (χ1) is 14.2. The highest BCUT2D eigenvalue weighted by atomic mass is 19.1. The molecule has 1 fully saturated rings. The third-order valence-corrected chi connectivity index (χ3v) is 5.76. The van der Waals surface area contributed by atoms with Crippen LogP contribution >= 0.6 is 0 Å². The minimum Gasteiger partial charge on any atom is -0.370 e. The quantitative estimate of drug-likeness (QED) is 0.727. The summed E-state index contributed by atoms with van der Waals surface area (Å²) in [5, 5.41) is 3.48. The summed E-state index contributed by atoms with van der Waals surface area (Å²) >= 11 is 0. The van der Waals surface area contributed by atoms with Gasteiger partial charge in [-0.2, -0.15) is 0 Å². The highest BCUT2D eigenvalue weighted by Crippen LogP contribution is 2.24. The number of hydrogen-bond acceptors (Lipinski definition) is 5. The first-order valence-corrected chi connectivity index (χ1v) is 10.7. The number of aryl methyl sites for hydroxylation is 1. The van der Waals surface area contributed by atoms with Crippen molar-refractivity contribution in [2.45, 2.75) is 39.0 Å². The van der Waals surface area contributed by atoms with Crippen molar-refractivity contribution >= 4 is 17.3 Å². The van der Waals surface area contributed by atoms with Crippen LogP contribution in [0.15, 0.2) is 42.0 Å². The molecule has 6 heteroatoms. The lowest BCUT2D eigenvalue weighted by atomic mass is 9.97. The minimum atomic E-state index is -0.154. The minimum absolute atomic E-state index is 0.154. The molecule has 2 aromatic rings. The summed E-state index contributed by atoms with van der Waals surface area (Å²) in [5.74, 6) is 2.46. The van der Waals surface area contributed by atoms with Gasteiger partial charge in [0.15, 0.2) is 0 Å². The molecular weight excluding hydrogens is 365 g/mol. The van der Waals surface area contributed by atoms with Crippen molar-refractivity contribution < 1.29 is 4.39 Å². The van der Waals surface area contributed by atoms with E-state index in [0.29, 0.717) is 5.69 Å². The summed E-state index contributed by atoms with van der Waals surface area (Å²) in [7, 11) is 0. The number of benzene rings is 1. The van der Waals surface area contributed by atoms with Gasteiger partial charge in [-0.25, -0.2) is 14.4 Å². The lowest BCUT2D eigenvalue weighted by Gasteiger charge is -2.37. The van der Waals surface area contributed by atoms with Gasteiger partial charge in [0, 0.05) is 38.8 Å². The van der Waals surface area contributed by atoms with Crippen molar-refractivity contribution in [3.05, 3.63) is 53.6 Å². The van der Waals surface area contributed by atoms with Crippen LogP contribution in [-0.4, -0.2) is 42.7 Å². The predicted molar refractivity (Wildman–Crippen MR) is 117 cm³/mol. The zero-order chi connectivity index (χ0) is 20.1. The molecule has 0 amide bonds. The summed E-state index contributed by atoms with van der Waals surface area (Å²) in [5.41, 5.74) is 2.25. The van der Waals surface area contributed by atoms with E-state index in [9.17, 15) is 4.39 Å². The lowest BCUT2D eigenvalue weighted by Crippen LogP contribution is -2.47. The van der Waals surface area contributed by atoms with Crippen molar-refractivity contribution in [3.8, 4) is 0 Å². The number of piperazine rings is 1. The fourth-order valence-electron chi connectivity index (χ4n) is 4.17. The van der Waals surface area contributed by atoms with E-state index in [-0.39, 0.29) is 5.82 Å². The summed E-state index contributed by atoms with van der Waals surface area (Å²) < 4.78 is 14.1. The highest BCUT2D eigenvalue weighted by molar-refractivity contribution is 5.53. The summed E-state index contributed by atoms with van der Waals surface area (Å²) in [6.07, 6.45) is 8.60. The maximum absolute atomic E-state index is 14.1. The molecule has 0 atom stereocenters. The third-order valence-electron chi connectivity index (χ3n) is 5.76. The maximum atomic E-state index is 14.1. The van der Waals surface area contributed by atoms with Gasteiger partial charge < -0.3 is 15.1 Å². The van der Waals surface area contributed by atoms with Crippen LogP contribution in [0.4, 0.5) is 21.7 Å². The van der Waals surface area contributed by atoms with Crippen molar-refractivity contribution in [2.75, 3.05) is 47.8 Å². The van der Waals surface area contributed by atoms with Gasteiger partial charge in [0.2, 0.25) is 0 Å². The summed E-state index contributed by atoms with van der Waals surface area (Å²) in [6.45, 7) is 6.03. The molecular formula is C23H30FN5. The van der Waals surface area contributed by atoms with Gasteiger partial charge in [0.05, 0.1) is 5.69 Å². The molecule has 29 heavy (non-hydrogen) atoms. The molecule has 1 aliphatic carbocycles. The monoisotopic (exact) mass is 395 g/mol. The fourth-order valence-corrected chi connectivity index (χ4v) is 4.17. The van der Waals surface area contributed by atoms with E-state index in [0.717, 1.165) is 56.6 Å². The summed E-state index contributed by atoms with van der Waals surface area (Å²) in [6, 6.07) is 9.04. The van der Waals surface area contributed by atoms with Gasteiger partial charge in [-0.1, -0.05) is 23.8 Å². The van der Waals surface area contributed by atoms with E-state index >= 15 is 0 Å². The lowest BCUT2D eigenvalue weighted by molar-refractivity contribution is 0.596. The first-order valence-electron chi connectivity index (χ1n) is 10.7. The Hall–Kier alpha value is -2.63. The average molecular weight is 396 g/mol.